The summed E-state index contributed by atoms with van der Waals surface area (Å²) >= 11 is 5.90. The van der Waals surface area contributed by atoms with Gasteiger partial charge in [0.1, 0.15) is 5.75 Å². The number of fused-ring (bicyclic) bond motifs is 1. The molecule has 0 bridgehead atoms. The SMILES string of the molecule is COc1cccc2c1C(=O)N(OC)C2(O)c1ccc(Cl)cc1. The highest BCUT2D eigenvalue weighted by Gasteiger charge is 2.52. The standard InChI is InChI=1S/C16H14ClNO4/c1-21-13-5-3-4-12-14(13)15(19)18(22-2)16(12,20)10-6-8-11(17)9-7-10/h3-9,20H,1-2H3. The minimum atomic E-state index is -1.74. The summed E-state index contributed by atoms with van der Waals surface area (Å²) in [6.07, 6.45) is 0. The molecule has 1 aliphatic rings. The molecule has 6 heteroatoms. The van der Waals surface area contributed by atoms with Crippen LogP contribution in [0.25, 0.3) is 0 Å². The van der Waals surface area contributed by atoms with E-state index >= 15 is 0 Å². The summed E-state index contributed by atoms with van der Waals surface area (Å²) in [4.78, 5) is 17.7. The van der Waals surface area contributed by atoms with E-state index in [0.717, 1.165) is 5.06 Å². The van der Waals surface area contributed by atoms with Gasteiger partial charge >= 0.3 is 0 Å². The lowest BCUT2D eigenvalue weighted by Gasteiger charge is -2.32. The maximum absolute atomic E-state index is 12.6. The van der Waals surface area contributed by atoms with Gasteiger partial charge in [0, 0.05) is 16.1 Å². The highest BCUT2D eigenvalue weighted by atomic mass is 35.5. The first-order chi connectivity index (χ1) is 10.5. The Morgan fingerprint density at radius 3 is 2.41 bits per heavy atom. The van der Waals surface area contributed by atoms with Crippen molar-refractivity contribution in [1.29, 1.82) is 0 Å². The second-order valence-corrected chi connectivity index (χ2v) is 5.28. The number of methoxy groups -OCH3 is 1. The number of hydrogen-bond acceptors (Lipinski definition) is 4. The van der Waals surface area contributed by atoms with Crippen LogP contribution < -0.4 is 4.74 Å². The lowest BCUT2D eigenvalue weighted by molar-refractivity contribution is -0.223. The first-order valence-electron chi connectivity index (χ1n) is 6.58. The van der Waals surface area contributed by atoms with E-state index in [4.69, 9.17) is 21.2 Å². The first-order valence-corrected chi connectivity index (χ1v) is 6.96. The Balaban J connectivity index is 2.27. The average molecular weight is 320 g/mol. The number of benzene rings is 2. The molecule has 114 valence electrons. The van der Waals surface area contributed by atoms with Crippen molar-refractivity contribution in [3.05, 3.63) is 64.2 Å². The van der Waals surface area contributed by atoms with E-state index < -0.39 is 11.6 Å². The van der Waals surface area contributed by atoms with Crippen molar-refractivity contribution in [3.8, 4) is 5.75 Å². The van der Waals surface area contributed by atoms with Crippen molar-refractivity contribution in [3.63, 3.8) is 0 Å². The topological polar surface area (TPSA) is 59.0 Å². The molecule has 1 heterocycles. The molecule has 1 amide bonds. The number of carbonyl (C=O) groups excluding carboxylic acids is 1. The maximum Gasteiger partial charge on any atom is 0.284 e. The third kappa shape index (κ3) is 1.90. The van der Waals surface area contributed by atoms with Crippen molar-refractivity contribution in [2.24, 2.45) is 0 Å². The van der Waals surface area contributed by atoms with Crippen LogP contribution in [0.4, 0.5) is 0 Å². The normalized spacial score (nSPS) is 20.2. The van der Waals surface area contributed by atoms with Gasteiger partial charge in [-0.15, -0.1) is 0 Å². The average Bonchev–Trinajstić information content (AvgIpc) is 2.76. The van der Waals surface area contributed by atoms with Crippen LogP contribution in [0.5, 0.6) is 5.75 Å². The van der Waals surface area contributed by atoms with E-state index in [9.17, 15) is 9.90 Å². The van der Waals surface area contributed by atoms with Crippen LogP contribution in [0.15, 0.2) is 42.5 Å². The Kier molecular flexibility index (Phi) is 3.56. The second-order valence-electron chi connectivity index (χ2n) is 4.84. The molecule has 0 aromatic heterocycles. The molecule has 0 saturated carbocycles. The lowest BCUT2D eigenvalue weighted by atomic mass is 9.94. The van der Waals surface area contributed by atoms with Gasteiger partial charge in [-0.25, -0.2) is 0 Å². The highest BCUT2D eigenvalue weighted by molar-refractivity contribution is 6.30. The summed E-state index contributed by atoms with van der Waals surface area (Å²) in [7, 11) is 2.80. The first kappa shape index (κ1) is 14.8. The third-order valence-corrected chi connectivity index (χ3v) is 4.00. The van der Waals surface area contributed by atoms with Crippen molar-refractivity contribution in [2.75, 3.05) is 14.2 Å². The van der Waals surface area contributed by atoms with Crippen molar-refractivity contribution >= 4 is 17.5 Å². The number of amides is 1. The molecule has 22 heavy (non-hydrogen) atoms. The molecule has 1 aliphatic heterocycles. The predicted octanol–water partition coefficient (Wildman–Crippen LogP) is 2.56. The zero-order chi connectivity index (χ0) is 15.9. The van der Waals surface area contributed by atoms with E-state index in [-0.39, 0.29) is 5.56 Å². The monoisotopic (exact) mass is 319 g/mol. The van der Waals surface area contributed by atoms with Gasteiger partial charge in [-0.1, -0.05) is 35.9 Å². The Labute approximate surface area is 132 Å². The van der Waals surface area contributed by atoms with Crippen LogP contribution in [0.1, 0.15) is 21.5 Å². The number of halogens is 1. The molecule has 0 fully saturated rings. The van der Waals surface area contributed by atoms with Crippen LogP contribution in [0, 0.1) is 0 Å². The molecule has 2 aromatic rings. The molecule has 0 saturated heterocycles. The van der Waals surface area contributed by atoms with Crippen molar-refractivity contribution in [1.82, 2.24) is 5.06 Å². The summed E-state index contributed by atoms with van der Waals surface area (Å²) in [5.41, 5.74) is -0.579. The number of hydrogen-bond donors (Lipinski definition) is 1. The maximum atomic E-state index is 12.6. The molecule has 0 aliphatic carbocycles. The van der Waals surface area contributed by atoms with Gasteiger partial charge in [-0.3, -0.25) is 9.63 Å². The molecule has 5 nitrogen and oxygen atoms in total. The summed E-state index contributed by atoms with van der Waals surface area (Å²) in [5.74, 6) is -0.0816. The molecule has 1 N–H and O–H groups in total. The van der Waals surface area contributed by atoms with Crippen LogP contribution in [-0.4, -0.2) is 30.3 Å². The van der Waals surface area contributed by atoms with E-state index in [1.165, 1.54) is 14.2 Å². The van der Waals surface area contributed by atoms with Crippen LogP contribution in [0.3, 0.4) is 0 Å². The van der Waals surface area contributed by atoms with E-state index in [2.05, 4.69) is 0 Å². The summed E-state index contributed by atoms with van der Waals surface area (Å²) in [6, 6.07) is 11.6. The van der Waals surface area contributed by atoms with Crippen molar-refractivity contribution in [2.45, 2.75) is 5.72 Å². The molecular weight excluding hydrogens is 306 g/mol. The highest BCUT2D eigenvalue weighted by Crippen LogP contribution is 2.45. The van der Waals surface area contributed by atoms with Gasteiger partial charge in [0.15, 0.2) is 0 Å². The molecule has 1 atom stereocenters. The van der Waals surface area contributed by atoms with Gasteiger partial charge in [0.25, 0.3) is 5.91 Å². The Bertz CT molecular complexity index is 731. The Morgan fingerprint density at radius 2 is 1.82 bits per heavy atom. The van der Waals surface area contributed by atoms with E-state index in [1.54, 1.807) is 42.5 Å². The van der Waals surface area contributed by atoms with Gasteiger partial charge in [0.05, 0.1) is 19.8 Å². The predicted molar refractivity (Wildman–Crippen MR) is 80.6 cm³/mol. The fraction of sp³-hybridized carbons (Fsp3) is 0.188. The number of nitrogens with zero attached hydrogens (tertiary/aromatic N) is 1. The third-order valence-electron chi connectivity index (χ3n) is 3.74. The molecule has 0 radical (unpaired) electrons. The summed E-state index contributed by atoms with van der Waals surface area (Å²) < 4.78 is 5.23. The minimum absolute atomic E-state index is 0.282. The lowest BCUT2D eigenvalue weighted by Crippen LogP contribution is -2.43. The van der Waals surface area contributed by atoms with Gasteiger partial charge < -0.3 is 9.84 Å². The Morgan fingerprint density at radius 1 is 1.14 bits per heavy atom. The minimum Gasteiger partial charge on any atom is -0.496 e. The van der Waals surface area contributed by atoms with Crippen LogP contribution >= 0.6 is 11.6 Å². The molecule has 1 unspecified atom stereocenters. The molecule has 2 aromatic carbocycles. The van der Waals surface area contributed by atoms with Gasteiger partial charge in [-0.05, 0) is 18.2 Å². The van der Waals surface area contributed by atoms with Crippen LogP contribution in [0.2, 0.25) is 5.02 Å². The number of rotatable bonds is 3. The molecule has 3 rings (SSSR count). The summed E-state index contributed by atoms with van der Waals surface area (Å²) in [6.45, 7) is 0. The van der Waals surface area contributed by atoms with Gasteiger partial charge in [0.2, 0.25) is 5.72 Å². The second kappa shape index (κ2) is 5.28. The number of ether oxygens (including phenoxy) is 1. The number of hydroxylamine groups is 2. The summed E-state index contributed by atoms with van der Waals surface area (Å²) in [5, 5.41) is 12.7. The van der Waals surface area contributed by atoms with Gasteiger partial charge in [-0.2, -0.15) is 5.06 Å². The smallest absolute Gasteiger partial charge is 0.284 e. The molecular formula is C16H14ClNO4. The largest absolute Gasteiger partial charge is 0.496 e. The fourth-order valence-electron chi connectivity index (χ4n) is 2.74. The zero-order valence-electron chi connectivity index (χ0n) is 12.0. The Hall–Kier alpha value is -2.08. The van der Waals surface area contributed by atoms with E-state index in [0.29, 0.717) is 21.9 Å². The quantitative estimate of drug-likeness (QED) is 0.944. The molecule has 0 spiro atoms. The zero-order valence-corrected chi connectivity index (χ0v) is 12.8. The number of aliphatic hydroxyl groups is 1. The van der Waals surface area contributed by atoms with Crippen LogP contribution in [-0.2, 0) is 10.6 Å². The fourth-order valence-corrected chi connectivity index (χ4v) is 2.87. The van der Waals surface area contributed by atoms with E-state index in [1.807, 2.05) is 0 Å². The van der Waals surface area contributed by atoms with Crippen molar-refractivity contribution < 1.29 is 19.5 Å². The number of carbonyl (C=O) groups is 1.